The van der Waals surface area contributed by atoms with Crippen LogP contribution in [0.5, 0.6) is 0 Å². The van der Waals surface area contributed by atoms with E-state index >= 15 is 0 Å². The normalized spacial score (nSPS) is 11.5. The van der Waals surface area contributed by atoms with Crippen LogP contribution in [0.15, 0.2) is 70.9 Å². The Morgan fingerprint density at radius 3 is 2.35 bits per heavy atom. The molecule has 0 unspecified atom stereocenters. The van der Waals surface area contributed by atoms with Crippen molar-refractivity contribution in [2.75, 3.05) is 7.05 Å². The summed E-state index contributed by atoms with van der Waals surface area (Å²) in [5.74, 6) is -0.938. The summed E-state index contributed by atoms with van der Waals surface area (Å²) in [6.07, 6.45) is 2.54. The Morgan fingerprint density at radius 2 is 1.74 bits per heavy atom. The highest BCUT2D eigenvalue weighted by atomic mass is 35.5. The minimum absolute atomic E-state index is 0.0235. The SMILES string of the molecule is CNS(=O)(=O)c1nc(CNC(=O)c2ccc(Cl)s2)cn1-c1ccc(-n2cc(F)ccc2=O)cc1. The van der Waals surface area contributed by atoms with Crippen LogP contribution < -0.4 is 15.6 Å². The minimum atomic E-state index is -3.95. The van der Waals surface area contributed by atoms with E-state index in [4.69, 9.17) is 11.6 Å². The van der Waals surface area contributed by atoms with Crippen LogP contribution in [0.2, 0.25) is 4.34 Å². The number of hydrogen-bond acceptors (Lipinski definition) is 6. The molecule has 9 nitrogen and oxygen atoms in total. The molecular formula is C21H17ClFN5O4S2. The van der Waals surface area contributed by atoms with E-state index in [0.717, 1.165) is 34.2 Å². The molecule has 34 heavy (non-hydrogen) atoms. The first kappa shape index (κ1) is 23.8. The molecule has 0 fully saturated rings. The van der Waals surface area contributed by atoms with E-state index in [1.807, 2.05) is 0 Å². The summed E-state index contributed by atoms with van der Waals surface area (Å²) in [6.45, 7) is -0.0235. The van der Waals surface area contributed by atoms with Gasteiger partial charge in [-0.05, 0) is 49.5 Å². The first-order valence-electron chi connectivity index (χ1n) is 9.72. The van der Waals surface area contributed by atoms with E-state index in [1.165, 1.54) is 17.8 Å². The molecule has 176 valence electrons. The number of pyridine rings is 1. The average molecular weight is 522 g/mol. The predicted molar refractivity (Wildman–Crippen MR) is 126 cm³/mol. The van der Waals surface area contributed by atoms with E-state index in [1.54, 1.807) is 36.4 Å². The fraction of sp³-hybridized carbons (Fsp3) is 0.0952. The third kappa shape index (κ3) is 4.94. The number of nitrogens with zero attached hydrogens (tertiary/aromatic N) is 3. The molecule has 0 aliphatic carbocycles. The predicted octanol–water partition coefficient (Wildman–Crippen LogP) is 2.72. The van der Waals surface area contributed by atoms with Crippen molar-refractivity contribution in [2.24, 2.45) is 0 Å². The third-order valence-electron chi connectivity index (χ3n) is 4.74. The van der Waals surface area contributed by atoms with Crippen LogP contribution in [-0.4, -0.2) is 35.5 Å². The monoisotopic (exact) mass is 521 g/mol. The van der Waals surface area contributed by atoms with Gasteiger partial charge >= 0.3 is 0 Å². The Bertz CT molecular complexity index is 1530. The highest BCUT2D eigenvalue weighted by Crippen LogP contribution is 2.22. The number of thiophene rings is 1. The van der Waals surface area contributed by atoms with E-state index in [0.29, 0.717) is 26.3 Å². The van der Waals surface area contributed by atoms with Crippen molar-refractivity contribution < 1.29 is 17.6 Å². The molecule has 1 amide bonds. The second kappa shape index (κ2) is 9.50. The van der Waals surface area contributed by atoms with Gasteiger partial charge in [-0.25, -0.2) is 22.5 Å². The molecule has 0 aliphatic rings. The average Bonchev–Trinajstić information content (AvgIpc) is 3.46. The van der Waals surface area contributed by atoms with Crippen LogP contribution in [0.1, 0.15) is 15.4 Å². The van der Waals surface area contributed by atoms with Gasteiger partial charge in [0.1, 0.15) is 5.82 Å². The second-order valence-corrected chi connectivity index (χ2v) is 10.4. The summed E-state index contributed by atoms with van der Waals surface area (Å²) < 4.78 is 43.9. The van der Waals surface area contributed by atoms with Gasteiger partial charge in [-0.15, -0.1) is 11.3 Å². The van der Waals surface area contributed by atoms with Crippen LogP contribution in [-0.2, 0) is 16.6 Å². The van der Waals surface area contributed by atoms with E-state index in [9.17, 15) is 22.4 Å². The first-order chi connectivity index (χ1) is 16.2. The van der Waals surface area contributed by atoms with Crippen molar-refractivity contribution in [1.82, 2.24) is 24.2 Å². The zero-order chi connectivity index (χ0) is 24.5. The zero-order valence-electron chi connectivity index (χ0n) is 17.5. The number of aromatic nitrogens is 3. The van der Waals surface area contributed by atoms with Crippen molar-refractivity contribution in [1.29, 1.82) is 0 Å². The lowest BCUT2D eigenvalue weighted by molar-refractivity contribution is 0.0954. The van der Waals surface area contributed by atoms with Gasteiger partial charge in [-0.1, -0.05) is 11.6 Å². The standard InChI is InChI=1S/C21H17ClFN5O4S2/c1-24-34(31,32)21-26-14(10-25-20(30)17-7-8-18(22)33-17)12-28(21)16-5-3-15(4-6-16)27-11-13(23)2-9-19(27)29/h2-9,11-12,24H,10H2,1H3,(H,25,30). The summed E-state index contributed by atoms with van der Waals surface area (Å²) in [5, 5.41) is 2.40. The van der Waals surface area contributed by atoms with E-state index in [-0.39, 0.29) is 17.6 Å². The Labute approximate surface area is 202 Å². The van der Waals surface area contributed by atoms with Crippen molar-refractivity contribution in [3.63, 3.8) is 0 Å². The zero-order valence-corrected chi connectivity index (χ0v) is 19.9. The number of rotatable bonds is 7. The van der Waals surface area contributed by atoms with Gasteiger partial charge in [0.2, 0.25) is 5.16 Å². The van der Waals surface area contributed by atoms with Gasteiger partial charge in [-0.2, -0.15) is 0 Å². The van der Waals surface area contributed by atoms with Gasteiger partial charge in [0.05, 0.1) is 21.5 Å². The van der Waals surface area contributed by atoms with Crippen LogP contribution >= 0.6 is 22.9 Å². The summed E-state index contributed by atoms with van der Waals surface area (Å²) in [6, 6.07) is 11.6. The van der Waals surface area contributed by atoms with Gasteiger partial charge in [-0.3, -0.25) is 18.7 Å². The van der Waals surface area contributed by atoms with Crippen molar-refractivity contribution in [2.45, 2.75) is 11.7 Å². The van der Waals surface area contributed by atoms with Gasteiger partial charge < -0.3 is 5.32 Å². The highest BCUT2D eigenvalue weighted by Gasteiger charge is 2.22. The van der Waals surface area contributed by atoms with Crippen molar-refractivity contribution >= 4 is 38.9 Å². The summed E-state index contributed by atoms with van der Waals surface area (Å²) in [4.78, 5) is 28.9. The van der Waals surface area contributed by atoms with Gasteiger partial charge in [0, 0.05) is 29.8 Å². The number of carbonyl (C=O) groups is 1. The lowest BCUT2D eigenvalue weighted by Gasteiger charge is -2.10. The quantitative estimate of drug-likeness (QED) is 0.388. The number of hydrogen-bond donors (Lipinski definition) is 2. The smallest absolute Gasteiger partial charge is 0.274 e. The second-order valence-electron chi connectivity index (χ2n) is 6.95. The summed E-state index contributed by atoms with van der Waals surface area (Å²) in [7, 11) is -2.69. The number of benzene rings is 1. The van der Waals surface area contributed by atoms with Crippen molar-refractivity contribution in [3.05, 3.63) is 92.0 Å². The molecule has 0 spiro atoms. The molecule has 0 atom stereocenters. The summed E-state index contributed by atoms with van der Waals surface area (Å²) in [5.41, 5.74) is 0.709. The number of halogens is 2. The first-order valence-corrected chi connectivity index (χ1v) is 12.4. The maximum atomic E-state index is 13.6. The molecule has 3 aromatic heterocycles. The molecule has 2 N–H and O–H groups in total. The number of nitrogens with one attached hydrogen (secondary N) is 2. The molecular weight excluding hydrogens is 505 g/mol. The number of sulfonamides is 1. The fourth-order valence-electron chi connectivity index (χ4n) is 3.09. The van der Waals surface area contributed by atoms with E-state index < -0.39 is 21.4 Å². The Balaban J connectivity index is 1.65. The van der Waals surface area contributed by atoms with Gasteiger partial charge in [0.25, 0.3) is 21.5 Å². The molecule has 3 heterocycles. The maximum Gasteiger partial charge on any atom is 0.274 e. The largest absolute Gasteiger partial charge is 0.346 e. The van der Waals surface area contributed by atoms with Crippen molar-refractivity contribution in [3.8, 4) is 11.4 Å². The number of carbonyl (C=O) groups excluding carboxylic acids is 1. The van der Waals surface area contributed by atoms with Crippen LogP contribution in [0.3, 0.4) is 0 Å². The van der Waals surface area contributed by atoms with Gasteiger partial charge in [0.15, 0.2) is 0 Å². The third-order valence-corrected chi connectivity index (χ3v) is 7.28. The minimum Gasteiger partial charge on any atom is -0.346 e. The topological polar surface area (TPSA) is 115 Å². The molecule has 0 saturated heterocycles. The molecule has 0 aliphatic heterocycles. The Morgan fingerprint density at radius 1 is 1.06 bits per heavy atom. The number of amides is 1. The van der Waals surface area contributed by atoms with Crippen LogP contribution in [0.25, 0.3) is 11.4 Å². The highest BCUT2D eigenvalue weighted by molar-refractivity contribution is 7.89. The van der Waals surface area contributed by atoms with E-state index in [2.05, 4.69) is 15.0 Å². The van der Waals surface area contributed by atoms with Crippen LogP contribution in [0.4, 0.5) is 4.39 Å². The lowest BCUT2D eigenvalue weighted by Crippen LogP contribution is -2.23. The molecule has 1 aromatic carbocycles. The lowest BCUT2D eigenvalue weighted by atomic mass is 10.2. The Kier molecular flexibility index (Phi) is 6.66. The molecule has 13 heteroatoms. The van der Waals surface area contributed by atoms with Crippen LogP contribution in [0, 0.1) is 5.82 Å². The Hall–Kier alpha value is -3.32. The molecule has 0 radical (unpaired) electrons. The maximum absolute atomic E-state index is 13.6. The number of imidazole rings is 1. The molecule has 4 aromatic rings. The molecule has 0 bridgehead atoms. The summed E-state index contributed by atoms with van der Waals surface area (Å²) >= 11 is 6.98. The fourth-order valence-corrected chi connectivity index (χ4v) is 4.89. The molecule has 0 saturated carbocycles. The molecule has 4 rings (SSSR count).